The van der Waals surface area contributed by atoms with E-state index in [1.54, 1.807) is 0 Å². The number of hydrogen-bond acceptors (Lipinski definition) is 4. The first kappa shape index (κ1) is 19.8. The Morgan fingerprint density at radius 1 is 0.966 bits per heavy atom. The SMILES string of the molecule is O=C(CC(c1ccccc1)c1ccccc1)Nc1nc(CN2CCCCC2)cs1. The van der Waals surface area contributed by atoms with E-state index in [9.17, 15) is 4.79 Å². The van der Waals surface area contributed by atoms with Gasteiger partial charge in [-0.3, -0.25) is 9.69 Å². The predicted molar refractivity (Wildman–Crippen MR) is 119 cm³/mol. The summed E-state index contributed by atoms with van der Waals surface area (Å²) in [5, 5.41) is 5.78. The summed E-state index contributed by atoms with van der Waals surface area (Å²) >= 11 is 1.52. The molecule has 1 aliphatic heterocycles. The van der Waals surface area contributed by atoms with Crippen LogP contribution >= 0.6 is 11.3 Å². The van der Waals surface area contributed by atoms with Crippen LogP contribution in [0.1, 0.15) is 48.4 Å². The molecule has 0 aliphatic carbocycles. The van der Waals surface area contributed by atoms with Crippen molar-refractivity contribution < 1.29 is 4.79 Å². The van der Waals surface area contributed by atoms with Crippen molar-refractivity contribution in [1.29, 1.82) is 0 Å². The fraction of sp³-hybridized carbons (Fsp3) is 0.333. The van der Waals surface area contributed by atoms with E-state index in [2.05, 4.69) is 44.8 Å². The van der Waals surface area contributed by atoms with Crippen molar-refractivity contribution in [2.24, 2.45) is 0 Å². The third-order valence-electron chi connectivity index (χ3n) is 5.43. The average molecular weight is 406 g/mol. The van der Waals surface area contributed by atoms with Crippen molar-refractivity contribution in [3.63, 3.8) is 0 Å². The van der Waals surface area contributed by atoms with Gasteiger partial charge in [-0.15, -0.1) is 11.3 Å². The molecule has 1 aliphatic rings. The maximum Gasteiger partial charge on any atom is 0.227 e. The van der Waals surface area contributed by atoms with Crippen molar-refractivity contribution in [3.05, 3.63) is 82.9 Å². The van der Waals surface area contributed by atoms with E-state index in [1.807, 2.05) is 36.4 Å². The highest BCUT2D eigenvalue weighted by Crippen LogP contribution is 2.28. The molecule has 4 rings (SSSR count). The standard InChI is InChI=1S/C24H27N3OS/c28-23(26-24-25-21(18-29-24)17-27-14-8-3-9-15-27)16-22(19-10-4-1-5-11-19)20-12-6-2-7-13-20/h1-2,4-7,10-13,18,22H,3,8-9,14-17H2,(H,25,26,28). The van der Waals surface area contributed by atoms with Gasteiger partial charge < -0.3 is 5.32 Å². The maximum absolute atomic E-state index is 12.8. The number of rotatable bonds is 7. The van der Waals surface area contributed by atoms with Crippen molar-refractivity contribution >= 4 is 22.4 Å². The molecule has 2 heterocycles. The summed E-state index contributed by atoms with van der Waals surface area (Å²) in [6.45, 7) is 3.17. The summed E-state index contributed by atoms with van der Waals surface area (Å²) in [5.41, 5.74) is 3.35. The summed E-state index contributed by atoms with van der Waals surface area (Å²) in [5.74, 6) is 0.0340. The van der Waals surface area contributed by atoms with Crippen LogP contribution < -0.4 is 5.32 Å². The van der Waals surface area contributed by atoms with Gasteiger partial charge in [-0.25, -0.2) is 4.98 Å². The zero-order valence-corrected chi connectivity index (χ0v) is 17.4. The van der Waals surface area contributed by atoms with Crippen molar-refractivity contribution in [3.8, 4) is 0 Å². The van der Waals surface area contributed by atoms with Crippen LogP contribution in [-0.2, 0) is 11.3 Å². The van der Waals surface area contributed by atoms with Gasteiger partial charge in [0.25, 0.3) is 0 Å². The molecular formula is C24H27N3OS. The number of piperidine rings is 1. The summed E-state index contributed by atoms with van der Waals surface area (Å²) in [4.78, 5) is 19.9. The Bertz CT molecular complexity index is 865. The van der Waals surface area contributed by atoms with Crippen LogP contribution in [0, 0.1) is 0 Å². The van der Waals surface area contributed by atoms with Gasteiger partial charge in [-0.2, -0.15) is 0 Å². The Kier molecular flexibility index (Phi) is 6.70. The number of hydrogen-bond donors (Lipinski definition) is 1. The summed E-state index contributed by atoms with van der Waals surface area (Å²) in [7, 11) is 0. The molecule has 0 radical (unpaired) electrons. The number of carbonyl (C=O) groups is 1. The summed E-state index contributed by atoms with van der Waals surface area (Å²) in [6, 6.07) is 20.5. The zero-order chi connectivity index (χ0) is 19.9. The Morgan fingerprint density at radius 2 is 1.59 bits per heavy atom. The van der Waals surface area contributed by atoms with E-state index in [-0.39, 0.29) is 11.8 Å². The minimum absolute atomic E-state index is 0.00146. The molecule has 4 nitrogen and oxygen atoms in total. The number of nitrogens with zero attached hydrogens (tertiary/aromatic N) is 2. The lowest BCUT2D eigenvalue weighted by Gasteiger charge is -2.25. The number of thiazole rings is 1. The highest BCUT2D eigenvalue weighted by atomic mass is 32.1. The molecule has 0 saturated carbocycles. The molecular weight excluding hydrogens is 378 g/mol. The van der Waals surface area contributed by atoms with Crippen LogP contribution in [0.25, 0.3) is 0 Å². The Balaban J connectivity index is 1.41. The van der Waals surface area contributed by atoms with E-state index in [0.717, 1.165) is 36.5 Å². The molecule has 1 aromatic heterocycles. The van der Waals surface area contributed by atoms with E-state index in [1.165, 1.54) is 30.6 Å². The second kappa shape index (κ2) is 9.81. The molecule has 29 heavy (non-hydrogen) atoms. The second-order valence-corrected chi connectivity index (χ2v) is 8.47. The van der Waals surface area contributed by atoms with Crippen molar-refractivity contribution in [2.75, 3.05) is 18.4 Å². The predicted octanol–water partition coefficient (Wildman–Crippen LogP) is 5.29. The second-order valence-electron chi connectivity index (χ2n) is 7.61. The van der Waals surface area contributed by atoms with Crippen molar-refractivity contribution in [2.45, 2.75) is 38.1 Å². The van der Waals surface area contributed by atoms with Crippen molar-refractivity contribution in [1.82, 2.24) is 9.88 Å². The van der Waals surface area contributed by atoms with Gasteiger partial charge in [0.1, 0.15) is 0 Å². The molecule has 0 unspecified atom stereocenters. The minimum atomic E-state index is 0.00146. The van der Waals surface area contributed by atoms with E-state index < -0.39 is 0 Å². The monoisotopic (exact) mass is 405 g/mol. The molecule has 1 amide bonds. The molecule has 0 bridgehead atoms. The number of aromatic nitrogens is 1. The van der Waals surface area contributed by atoms with Gasteiger partial charge in [0.05, 0.1) is 5.69 Å². The van der Waals surface area contributed by atoms with Crippen LogP contribution in [0.3, 0.4) is 0 Å². The first-order chi connectivity index (χ1) is 14.3. The highest BCUT2D eigenvalue weighted by Gasteiger charge is 2.19. The van der Waals surface area contributed by atoms with E-state index in [4.69, 9.17) is 0 Å². The Labute approximate surface area is 176 Å². The average Bonchev–Trinajstić information content (AvgIpc) is 3.20. The minimum Gasteiger partial charge on any atom is -0.302 e. The fourth-order valence-electron chi connectivity index (χ4n) is 3.94. The fourth-order valence-corrected chi connectivity index (χ4v) is 4.66. The molecule has 2 aromatic carbocycles. The van der Waals surface area contributed by atoms with Gasteiger partial charge in [-0.05, 0) is 37.1 Å². The number of nitrogens with one attached hydrogen (secondary N) is 1. The van der Waals surface area contributed by atoms with E-state index in [0.29, 0.717) is 11.6 Å². The van der Waals surface area contributed by atoms with Gasteiger partial charge in [0.2, 0.25) is 5.91 Å². The van der Waals surface area contributed by atoms with Gasteiger partial charge in [0, 0.05) is 24.3 Å². The highest BCUT2D eigenvalue weighted by molar-refractivity contribution is 7.13. The maximum atomic E-state index is 12.8. The van der Waals surface area contributed by atoms with Gasteiger partial charge in [0.15, 0.2) is 5.13 Å². The topological polar surface area (TPSA) is 45.2 Å². The zero-order valence-electron chi connectivity index (χ0n) is 16.6. The third kappa shape index (κ3) is 5.52. The molecule has 1 fully saturated rings. The van der Waals surface area contributed by atoms with Gasteiger partial charge >= 0.3 is 0 Å². The molecule has 150 valence electrons. The smallest absolute Gasteiger partial charge is 0.227 e. The normalized spacial score (nSPS) is 14.8. The van der Waals surface area contributed by atoms with E-state index >= 15 is 0 Å². The molecule has 1 saturated heterocycles. The lowest BCUT2D eigenvalue weighted by atomic mass is 9.88. The number of amides is 1. The first-order valence-electron chi connectivity index (χ1n) is 10.3. The summed E-state index contributed by atoms with van der Waals surface area (Å²) in [6.07, 6.45) is 4.27. The lowest BCUT2D eigenvalue weighted by molar-refractivity contribution is -0.116. The van der Waals surface area contributed by atoms with Gasteiger partial charge in [-0.1, -0.05) is 67.1 Å². The number of likely N-dealkylation sites (tertiary alicyclic amines) is 1. The summed E-state index contributed by atoms with van der Waals surface area (Å²) < 4.78 is 0. The third-order valence-corrected chi connectivity index (χ3v) is 6.23. The molecule has 0 spiro atoms. The molecule has 0 atom stereocenters. The first-order valence-corrected chi connectivity index (χ1v) is 11.2. The Morgan fingerprint density at radius 3 is 2.21 bits per heavy atom. The number of benzene rings is 2. The molecule has 1 N–H and O–H groups in total. The van der Waals surface area contributed by atoms with Crippen LogP contribution in [-0.4, -0.2) is 28.9 Å². The molecule has 5 heteroatoms. The van der Waals surface area contributed by atoms with Crippen LogP contribution in [0.5, 0.6) is 0 Å². The van der Waals surface area contributed by atoms with Crippen LogP contribution in [0.4, 0.5) is 5.13 Å². The quantitative estimate of drug-likeness (QED) is 0.581. The lowest BCUT2D eigenvalue weighted by Crippen LogP contribution is -2.29. The number of carbonyl (C=O) groups excluding carboxylic acids is 1. The Hall–Kier alpha value is -2.50. The largest absolute Gasteiger partial charge is 0.302 e. The van der Waals surface area contributed by atoms with Crippen LogP contribution in [0.15, 0.2) is 66.0 Å². The molecule has 3 aromatic rings. The van der Waals surface area contributed by atoms with Crippen LogP contribution in [0.2, 0.25) is 0 Å². The number of anilines is 1.